The minimum Gasteiger partial charge on any atom is -0.377 e. The van der Waals surface area contributed by atoms with Crippen molar-refractivity contribution in [3.05, 3.63) is 0 Å². The summed E-state index contributed by atoms with van der Waals surface area (Å²) in [5.74, 6) is 0. The van der Waals surface area contributed by atoms with Crippen LogP contribution in [0.5, 0.6) is 0 Å². The summed E-state index contributed by atoms with van der Waals surface area (Å²) < 4.78 is 5.85. The minimum atomic E-state index is 0.501. The maximum absolute atomic E-state index is 5.85. The molecule has 0 aromatic heterocycles. The number of nitrogens with zero attached hydrogens (tertiary/aromatic N) is 1. The van der Waals surface area contributed by atoms with E-state index >= 15 is 0 Å². The van der Waals surface area contributed by atoms with Crippen molar-refractivity contribution in [1.82, 2.24) is 10.2 Å². The van der Waals surface area contributed by atoms with E-state index in [0.717, 1.165) is 19.2 Å². The Labute approximate surface area is 99.5 Å². The molecular formula is C13H26N2O. The van der Waals surface area contributed by atoms with Gasteiger partial charge < -0.3 is 10.1 Å². The Bertz CT molecular complexity index is 186. The smallest absolute Gasteiger partial charge is 0.0702 e. The molecule has 94 valence electrons. The molecule has 2 rings (SSSR count). The molecule has 2 fully saturated rings. The lowest BCUT2D eigenvalue weighted by atomic mass is 10.1. The predicted molar refractivity (Wildman–Crippen MR) is 66.7 cm³/mol. The number of hydrogen-bond acceptors (Lipinski definition) is 3. The number of ether oxygens (including phenoxy) is 1. The fourth-order valence-electron chi connectivity index (χ4n) is 2.87. The molecule has 2 saturated heterocycles. The predicted octanol–water partition coefficient (Wildman–Crippen LogP) is 1.63. The van der Waals surface area contributed by atoms with Gasteiger partial charge in [-0.05, 0) is 45.2 Å². The zero-order chi connectivity index (χ0) is 11.2. The van der Waals surface area contributed by atoms with E-state index in [2.05, 4.69) is 17.1 Å². The van der Waals surface area contributed by atoms with Crippen molar-refractivity contribution in [3.8, 4) is 0 Å². The van der Waals surface area contributed by atoms with Crippen molar-refractivity contribution in [2.24, 2.45) is 0 Å². The van der Waals surface area contributed by atoms with Gasteiger partial charge in [0.05, 0.1) is 6.10 Å². The molecule has 0 amide bonds. The van der Waals surface area contributed by atoms with Crippen LogP contribution in [0.15, 0.2) is 0 Å². The third kappa shape index (κ3) is 3.44. The van der Waals surface area contributed by atoms with E-state index in [1.807, 2.05) is 0 Å². The topological polar surface area (TPSA) is 24.5 Å². The van der Waals surface area contributed by atoms with Crippen molar-refractivity contribution >= 4 is 0 Å². The Morgan fingerprint density at radius 2 is 2.25 bits per heavy atom. The monoisotopic (exact) mass is 226 g/mol. The van der Waals surface area contributed by atoms with Crippen LogP contribution in [0.25, 0.3) is 0 Å². The summed E-state index contributed by atoms with van der Waals surface area (Å²) in [6.07, 6.45) is 6.94. The molecular weight excluding hydrogens is 200 g/mol. The van der Waals surface area contributed by atoms with Gasteiger partial charge in [-0.3, -0.25) is 4.90 Å². The molecule has 1 N–H and O–H groups in total. The first-order valence-electron chi connectivity index (χ1n) is 6.96. The highest BCUT2D eigenvalue weighted by Crippen LogP contribution is 2.17. The van der Waals surface area contributed by atoms with Crippen LogP contribution in [0.1, 0.15) is 39.0 Å². The van der Waals surface area contributed by atoms with Gasteiger partial charge in [0.15, 0.2) is 0 Å². The Hall–Kier alpha value is -0.120. The second-order valence-electron chi connectivity index (χ2n) is 5.13. The summed E-state index contributed by atoms with van der Waals surface area (Å²) in [6, 6.07) is 0.755. The molecule has 0 aromatic carbocycles. The van der Waals surface area contributed by atoms with Crippen LogP contribution in [0.2, 0.25) is 0 Å². The highest BCUT2D eigenvalue weighted by molar-refractivity contribution is 4.82. The summed E-state index contributed by atoms with van der Waals surface area (Å²) in [5, 5.41) is 3.47. The fraction of sp³-hybridized carbons (Fsp3) is 1.00. The maximum Gasteiger partial charge on any atom is 0.0702 e. The zero-order valence-corrected chi connectivity index (χ0v) is 10.6. The number of nitrogens with one attached hydrogen (secondary N) is 1. The van der Waals surface area contributed by atoms with Crippen LogP contribution in [-0.2, 0) is 4.74 Å². The molecule has 2 unspecified atom stereocenters. The Morgan fingerprint density at radius 3 is 2.88 bits per heavy atom. The van der Waals surface area contributed by atoms with Gasteiger partial charge in [-0.1, -0.05) is 6.92 Å². The minimum absolute atomic E-state index is 0.501. The second-order valence-corrected chi connectivity index (χ2v) is 5.13. The summed E-state index contributed by atoms with van der Waals surface area (Å²) in [7, 11) is 0. The number of hydrogen-bond donors (Lipinski definition) is 1. The molecule has 0 radical (unpaired) electrons. The van der Waals surface area contributed by atoms with Gasteiger partial charge >= 0.3 is 0 Å². The third-order valence-corrected chi connectivity index (χ3v) is 3.77. The first-order chi connectivity index (χ1) is 7.90. The van der Waals surface area contributed by atoms with Crippen molar-refractivity contribution in [3.63, 3.8) is 0 Å². The molecule has 3 nitrogen and oxygen atoms in total. The van der Waals surface area contributed by atoms with Gasteiger partial charge in [-0.15, -0.1) is 0 Å². The fourth-order valence-corrected chi connectivity index (χ4v) is 2.87. The average Bonchev–Trinajstić information content (AvgIpc) is 2.83. The van der Waals surface area contributed by atoms with Gasteiger partial charge in [0, 0.05) is 25.7 Å². The van der Waals surface area contributed by atoms with E-state index in [-0.39, 0.29) is 0 Å². The molecule has 0 saturated carbocycles. The van der Waals surface area contributed by atoms with Crippen molar-refractivity contribution in [1.29, 1.82) is 0 Å². The maximum atomic E-state index is 5.85. The van der Waals surface area contributed by atoms with Crippen molar-refractivity contribution < 1.29 is 4.74 Å². The first-order valence-corrected chi connectivity index (χ1v) is 6.96. The lowest BCUT2D eigenvalue weighted by molar-refractivity contribution is -0.0123. The second kappa shape index (κ2) is 6.58. The summed E-state index contributed by atoms with van der Waals surface area (Å²) in [4.78, 5) is 2.65. The Morgan fingerprint density at radius 1 is 1.31 bits per heavy atom. The number of rotatable bonds is 5. The highest BCUT2D eigenvalue weighted by Gasteiger charge is 2.25. The van der Waals surface area contributed by atoms with Crippen LogP contribution in [0.3, 0.4) is 0 Å². The average molecular weight is 226 g/mol. The Kier molecular flexibility index (Phi) is 5.07. The van der Waals surface area contributed by atoms with E-state index in [1.54, 1.807) is 0 Å². The quantitative estimate of drug-likeness (QED) is 0.771. The third-order valence-electron chi connectivity index (χ3n) is 3.77. The molecule has 2 aliphatic heterocycles. The SMILES string of the molecule is CCCN(CC1CCCCO1)C1CCNC1. The first kappa shape index (κ1) is 12.3. The van der Waals surface area contributed by atoms with Gasteiger partial charge in [-0.2, -0.15) is 0 Å². The molecule has 16 heavy (non-hydrogen) atoms. The van der Waals surface area contributed by atoms with Crippen LogP contribution < -0.4 is 5.32 Å². The lowest BCUT2D eigenvalue weighted by Gasteiger charge is -2.33. The lowest BCUT2D eigenvalue weighted by Crippen LogP contribution is -2.43. The molecule has 0 aromatic rings. The largest absolute Gasteiger partial charge is 0.377 e. The van der Waals surface area contributed by atoms with Crippen molar-refractivity contribution in [2.75, 3.05) is 32.8 Å². The highest BCUT2D eigenvalue weighted by atomic mass is 16.5. The Balaban J connectivity index is 1.80. The molecule has 0 spiro atoms. The molecule has 2 aliphatic rings. The van der Waals surface area contributed by atoms with Gasteiger partial charge in [0.2, 0.25) is 0 Å². The molecule has 2 atom stereocenters. The molecule has 0 aliphatic carbocycles. The van der Waals surface area contributed by atoms with Crippen LogP contribution >= 0.6 is 0 Å². The van der Waals surface area contributed by atoms with Gasteiger partial charge in [0.1, 0.15) is 0 Å². The van der Waals surface area contributed by atoms with E-state index in [9.17, 15) is 0 Å². The zero-order valence-electron chi connectivity index (χ0n) is 10.6. The molecule has 3 heteroatoms. The van der Waals surface area contributed by atoms with Crippen LogP contribution in [0, 0.1) is 0 Å². The van der Waals surface area contributed by atoms with E-state index in [0.29, 0.717) is 6.10 Å². The summed E-state index contributed by atoms with van der Waals surface area (Å²) >= 11 is 0. The van der Waals surface area contributed by atoms with Crippen LogP contribution in [-0.4, -0.2) is 49.8 Å². The van der Waals surface area contributed by atoms with E-state index < -0.39 is 0 Å². The van der Waals surface area contributed by atoms with Gasteiger partial charge in [0.25, 0.3) is 0 Å². The van der Waals surface area contributed by atoms with E-state index in [1.165, 1.54) is 51.7 Å². The normalized spacial score (nSPS) is 31.1. The summed E-state index contributed by atoms with van der Waals surface area (Å²) in [6.45, 7) is 8.00. The molecule has 2 heterocycles. The van der Waals surface area contributed by atoms with E-state index in [4.69, 9.17) is 4.74 Å². The summed E-state index contributed by atoms with van der Waals surface area (Å²) in [5.41, 5.74) is 0. The standard InChI is InChI=1S/C13H26N2O/c1-2-8-15(12-6-7-14-10-12)11-13-5-3-4-9-16-13/h12-14H,2-11H2,1H3. The van der Waals surface area contributed by atoms with Gasteiger partial charge in [-0.25, -0.2) is 0 Å². The molecule has 0 bridgehead atoms. The van der Waals surface area contributed by atoms with Crippen molar-refractivity contribution in [2.45, 2.75) is 51.2 Å². The van der Waals surface area contributed by atoms with Crippen LogP contribution in [0.4, 0.5) is 0 Å².